The Bertz CT molecular complexity index is 1370. The van der Waals surface area contributed by atoms with Crippen molar-refractivity contribution < 1.29 is 9.90 Å². The van der Waals surface area contributed by atoms with Crippen molar-refractivity contribution in [3.05, 3.63) is 53.9 Å². The van der Waals surface area contributed by atoms with E-state index in [-0.39, 0.29) is 17.1 Å². The molecule has 1 aromatic carbocycles. The number of H-pyrrole nitrogens is 1. The summed E-state index contributed by atoms with van der Waals surface area (Å²) < 4.78 is 0. The maximum atomic E-state index is 12.2. The topological polar surface area (TPSA) is 117 Å². The molecule has 2 atom stereocenters. The van der Waals surface area contributed by atoms with E-state index < -0.39 is 11.9 Å². The Labute approximate surface area is 200 Å². The number of aliphatic carboxylic acids is 1. The van der Waals surface area contributed by atoms with Crippen LogP contribution in [0.25, 0.3) is 33.8 Å². The van der Waals surface area contributed by atoms with E-state index in [1.54, 1.807) is 6.20 Å². The second kappa shape index (κ2) is 8.36. The fourth-order valence-electron chi connectivity index (χ4n) is 5.62. The van der Waals surface area contributed by atoms with Crippen LogP contribution in [0.5, 0.6) is 0 Å². The first-order chi connectivity index (χ1) is 16.6. The van der Waals surface area contributed by atoms with Gasteiger partial charge in [0.25, 0.3) is 0 Å². The summed E-state index contributed by atoms with van der Waals surface area (Å²) in [6.45, 7) is 0. The van der Waals surface area contributed by atoms with Gasteiger partial charge in [-0.25, -0.2) is 19.9 Å². The van der Waals surface area contributed by atoms with E-state index in [0.717, 1.165) is 36.9 Å². The molecule has 34 heavy (non-hydrogen) atoms. The summed E-state index contributed by atoms with van der Waals surface area (Å²) in [5, 5.41) is 13.8. The molecule has 3 aromatic heterocycles. The molecule has 3 heterocycles. The summed E-state index contributed by atoms with van der Waals surface area (Å²) in [7, 11) is 0. The van der Waals surface area contributed by atoms with Gasteiger partial charge >= 0.3 is 5.97 Å². The van der Waals surface area contributed by atoms with Crippen LogP contribution in [0.2, 0.25) is 5.15 Å². The molecule has 0 amide bonds. The van der Waals surface area contributed by atoms with Crippen molar-refractivity contribution in [2.75, 3.05) is 5.32 Å². The van der Waals surface area contributed by atoms with Crippen LogP contribution in [-0.4, -0.2) is 42.0 Å². The van der Waals surface area contributed by atoms with Gasteiger partial charge in [0.2, 0.25) is 0 Å². The SMILES string of the molecule is O=C(O)[C@@H]1C2CCC(CC2)[C@H]1Nc1cc(-c2ccccc2)nc(-c2c[nH]c3ncc(Cl)nc23)n1. The Balaban J connectivity index is 1.46. The Hall–Kier alpha value is -3.52. The molecule has 2 bridgehead atoms. The third kappa shape index (κ3) is 3.68. The molecule has 3 fully saturated rings. The van der Waals surface area contributed by atoms with Gasteiger partial charge in [-0.05, 0) is 37.5 Å². The van der Waals surface area contributed by atoms with Gasteiger partial charge < -0.3 is 15.4 Å². The van der Waals surface area contributed by atoms with E-state index in [9.17, 15) is 9.90 Å². The zero-order valence-corrected chi connectivity index (χ0v) is 19.0. The molecular formula is C25H23ClN6O2. The van der Waals surface area contributed by atoms with Crippen molar-refractivity contribution in [3.8, 4) is 22.6 Å². The third-order valence-electron chi connectivity index (χ3n) is 7.21. The molecule has 3 saturated carbocycles. The average Bonchev–Trinajstić information content (AvgIpc) is 3.28. The Kier molecular flexibility index (Phi) is 5.17. The standard InChI is InChI=1S/C25H23ClN6O2/c26-18-12-28-24-22(30-18)16(11-27-24)23-29-17(13-4-2-1-3-5-13)10-19(32-23)31-21-15-8-6-14(7-9-15)20(21)25(33)34/h1-5,10-12,14-15,20-21H,6-9H2,(H,27,28)(H,33,34)(H,29,31,32)/t14?,15?,20-,21-/m1/s1. The number of nitrogens with one attached hydrogen (secondary N) is 2. The number of fused-ring (bicyclic) bond motifs is 4. The van der Waals surface area contributed by atoms with E-state index in [0.29, 0.717) is 34.3 Å². The van der Waals surface area contributed by atoms with Crippen molar-refractivity contribution in [1.29, 1.82) is 0 Å². The smallest absolute Gasteiger partial charge is 0.308 e. The molecule has 0 spiro atoms. The van der Waals surface area contributed by atoms with Gasteiger partial charge in [-0.15, -0.1) is 0 Å². The van der Waals surface area contributed by atoms with Crippen LogP contribution >= 0.6 is 11.6 Å². The third-order valence-corrected chi connectivity index (χ3v) is 7.39. The number of benzene rings is 1. The van der Waals surface area contributed by atoms with Crippen LogP contribution in [0.1, 0.15) is 25.7 Å². The number of carboxylic acid groups (broad SMARTS) is 1. The molecule has 0 radical (unpaired) electrons. The number of rotatable bonds is 5. The summed E-state index contributed by atoms with van der Waals surface area (Å²) in [5.74, 6) is 0.467. The van der Waals surface area contributed by atoms with E-state index in [4.69, 9.17) is 21.6 Å². The van der Waals surface area contributed by atoms with Crippen LogP contribution in [-0.2, 0) is 4.79 Å². The fraction of sp³-hybridized carbons (Fsp3) is 0.320. The van der Waals surface area contributed by atoms with Gasteiger partial charge in [-0.3, -0.25) is 4.79 Å². The highest BCUT2D eigenvalue weighted by molar-refractivity contribution is 6.29. The molecule has 9 heteroatoms. The minimum absolute atomic E-state index is 0.159. The summed E-state index contributed by atoms with van der Waals surface area (Å²) in [6.07, 6.45) is 7.33. The minimum Gasteiger partial charge on any atom is -0.481 e. The summed E-state index contributed by atoms with van der Waals surface area (Å²) in [5.41, 5.74) is 3.55. The Morgan fingerprint density at radius 3 is 2.59 bits per heavy atom. The number of hydrogen-bond donors (Lipinski definition) is 3. The second-order valence-electron chi connectivity index (χ2n) is 9.13. The number of halogens is 1. The Morgan fingerprint density at radius 1 is 1.06 bits per heavy atom. The van der Waals surface area contributed by atoms with Gasteiger partial charge in [-0.1, -0.05) is 41.9 Å². The molecule has 8 nitrogen and oxygen atoms in total. The maximum Gasteiger partial charge on any atom is 0.308 e. The predicted molar refractivity (Wildman–Crippen MR) is 129 cm³/mol. The van der Waals surface area contributed by atoms with Crippen molar-refractivity contribution in [3.63, 3.8) is 0 Å². The molecule has 7 rings (SSSR count). The van der Waals surface area contributed by atoms with Crippen LogP contribution in [0, 0.1) is 17.8 Å². The molecule has 0 saturated heterocycles. The fourth-order valence-corrected chi connectivity index (χ4v) is 5.76. The van der Waals surface area contributed by atoms with Crippen molar-refractivity contribution in [2.45, 2.75) is 31.7 Å². The first-order valence-corrected chi connectivity index (χ1v) is 11.9. The van der Waals surface area contributed by atoms with E-state index in [1.165, 1.54) is 6.20 Å². The molecule has 3 N–H and O–H groups in total. The van der Waals surface area contributed by atoms with Gasteiger partial charge in [0.1, 0.15) is 16.5 Å². The van der Waals surface area contributed by atoms with E-state index in [1.807, 2.05) is 36.4 Å². The maximum absolute atomic E-state index is 12.2. The lowest BCUT2D eigenvalue weighted by molar-refractivity contribution is -0.148. The van der Waals surface area contributed by atoms with Crippen molar-refractivity contribution in [1.82, 2.24) is 24.9 Å². The lowest BCUT2D eigenvalue weighted by Crippen LogP contribution is -2.51. The molecule has 0 unspecified atom stereocenters. The number of nitrogens with zero attached hydrogens (tertiary/aromatic N) is 4. The number of aromatic amines is 1. The van der Waals surface area contributed by atoms with Gasteiger partial charge in [0.05, 0.1) is 23.4 Å². The highest BCUT2D eigenvalue weighted by Crippen LogP contribution is 2.46. The van der Waals surface area contributed by atoms with Crippen LogP contribution in [0.3, 0.4) is 0 Å². The first kappa shape index (κ1) is 21.0. The summed E-state index contributed by atoms with van der Waals surface area (Å²) in [4.78, 5) is 33.6. The van der Waals surface area contributed by atoms with Crippen molar-refractivity contribution in [2.24, 2.45) is 17.8 Å². The first-order valence-electron chi connectivity index (χ1n) is 11.5. The molecule has 0 aliphatic heterocycles. The highest BCUT2D eigenvalue weighted by Gasteiger charge is 2.47. The minimum atomic E-state index is -0.731. The number of aromatic nitrogens is 5. The van der Waals surface area contributed by atoms with Gasteiger partial charge in [0, 0.05) is 23.9 Å². The second-order valence-corrected chi connectivity index (χ2v) is 9.52. The van der Waals surface area contributed by atoms with Crippen molar-refractivity contribution >= 4 is 34.6 Å². The molecular weight excluding hydrogens is 452 g/mol. The van der Waals surface area contributed by atoms with Crippen LogP contribution in [0.15, 0.2) is 48.8 Å². The van der Waals surface area contributed by atoms with Gasteiger partial charge in [0.15, 0.2) is 11.5 Å². The molecule has 172 valence electrons. The lowest BCUT2D eigenvalue weighted by Gasteiger charge is -2.47. The lowest BCUT2D eigenvalue weighted by atomic mass is 9.61. The molecule has 3 aliphatic rings. The molecule has 3 aliphatic carbocycles. The number of hydrogen-bond acceptors (Lipinski definition) is 6. The highest BCUT2D eigenvalue weighted by atomic mass is 35.5. The zero-order chi connectivity index (χ0) is 23.2. The average molecular weight is 475 g/mol. The summed E-state index contributed by atoms with van der Waals surface area (Å²) in [6, 6.07) is 11.6. The number of anilines is 1. The molecule has 4 aromatic rings. The summed E-state index contributed by atoms with van der Waals surface area (Å²) >= 11 is 6.11. The van der Waals surface area contributed by atoms with Crippen LogP contribution in [0.4, 0.5) is 5.82 Å². The quantitative estimate of drug-likeness (QED) is 0.371. The zero-order valence-electron chi connectivity index (χ0n) is 18.3. The number of carbonyl (C=O) groups is 1. The van der Waals surface area contributed by atoms with Gasteiger partial charge in [-0.2, -0.15) is 0 Å². The normalized spacial score (nSPS) is 23.8. The van der Waals surface area contributed by atoms with E-state index >= 15 is 0 Å². The largest absolute Gasteiger partial charge is 0.481 e. The predicted octanol–water partition coefficient (Wildman–Crippen LogP) is 5.04. The number of carboxylic acids is 1. The Morgan fingerprint density at radius 2 is 1.82 bits per heavy atom. The monoisotopic (exact) mass is 474 g/mol. The van der Waals surface area contributed by atoms with E-state index in [2.05, 4.69) is 20.3 Å². The van der Waals surface area contributed by atoms with Crippen LogP contribution < -0.4 is 5.32 Å².